The molecule has 0 spiro atoms. The number of aromatic nitrogens is 1. The summed E-state index contributed by atoms with van der Waals surface area (Å²) in [6, 6.07) is 13.7. The van der Waals surface area contributed by atoms with Crippen molar-refractivity contribution in [3.05, 3.63) is 65.9 Å². The van der Waals surface area contributed by atoms with Gasteiger partial charge >= 0.3 is 0 Å². The molecule has 1 aliphatic rings. The van der Waals surface area contributed by atoms with Crippen molar-refractivity contribution in [3.63, 3.8) is 0 Å². The second-order valence-corrected chi connectivity index (χ2v) is 11.5. The van der Waals surface area contributed by atoms with E-state index >= 15 is 0 Å². The monoisotopic (exact) mass is 572 g/mol. The molecule has 2 amide bonds. The highest BCUT2D eigenvalue weighted by Crippen LogP contribution is 2.28. The van der Waals surface area contributed by atoms with Crippen molar-refractivity contribution >= 4 is 38.5 Å². The summed E-state index contributed by atoms with van der Waals surface area (Å²) in [5, 5.41) is 8.29. The molecule has 2 aromatic carbocycles. The summed E-state index contributed by atoms with van der Waals surface area (Å²) < 4.78 is 43.6. The molecule has 3 N–H and O–H groups in total. The Labute approximate surface area is 232 Å². The molecule has 1 aromatic heterocycles. The number of likely N-dealkylation sites (tertiary alicyclic amines) is 1. The van der Waals surface area contributed by atoms with E-state index in [2.05, 4.69) is 17.4 Å². The number of ketones is 1. The van der Waals surface area contributed by atoms with Crippen molar-refractivity contribution in [1.29, 1.82) is 0 Å². The molecule has 3 aromatic rings. The number of carbonyl (C=O) groups excluding carboxylic acids is 3. The number of fused-ring (bicyclic) bond motifs is 1. The Kier molecular flexibility index (Phi) is 9.21. The van der Waals surface area contributed by atoms with Gasteiger partial charge in [0.25, 0.3) is 0 Å². The first-order valence-corrected chi connectivity index (χ1v) is 14.8. The van der Waals surface area contributed by atoms with E-state index in [4.69, 9.17) is 9.88 Å². The van der Waals surface area contributed by atoms with E-state index in [9.17, 15) is 27.2 Å². The molecule has 40 heavy (non-hydrogen) atoms. The first-order valence-electron chi connectivity index (χ1n) is 13.0. The van der Waals surface area contributed by atoms with E-state index in [1.807, 2.05) is 18.2 Å². The van der Waals surface area contributed by atoms with Crippen LogP contribution in [0.5, 0.6) is 5.75 Å². The van der Waals surface area contributed by atoms with Crippen molar-refractivity contribution in [2.75, 3.05) is 19.0 Å². The number of benzene rings is 2. The molecule has 0 bridgehead atoms. The molecule has 2 unspecified atom stereocenters. The van der Waals surface area contributed by atoms with Crippen LogP contribution < -0.4 is 15.2 Å². The molecule has 1 aliphatic heterocycles. The van der Waals surface area contributed by atoms with Gasteiger partial charge in [-0.2, -0.15) is 0 Å². The van der Waals surface area contributed by atoms with E-state index < -0.39 is 34.1 Å². The Morgan fingerprint density at radius 2 is 1.88 bits per heavy atom. The van der Waals surface area contributed by atoms with Crippen LogP contribution in [0.15, 0.2) is 54.7 Å². The Bertz CT molecular complexity index is 1490. The van der Waals surface area contributed by atoms with Gasteiger partial charge in [-0.1, -0.05) is 30.3 Å². The first kappa shape index (κ1) is 29.2. The lowest BCUT2D eigenvalue weighted by Gasteiger charge is -2.24. The molecule has 2 atom stereocenters. The highest BCUT2D eigenvalue weighted by Gasteiger charge is 2.39. The number of Topliss-reactive ketones (excluding diaryl/α,β-unsaturated/α-hetero) is 1. The summed E-state index contributed by atoms with van der Waals surface area (Å²) in [5.41, 5.74) is 2.05. The summed E-state index contributed by atoms with van der Waals surface area (Å²) in [5.74, 6) is -1.65. The van der Waals surface area contributed by atoms with Crippen LogP contribution in [0.4, 0.5) is 4.39 Å². The van der Waals surface area contributed by atoms with Crippen LogP contribution in [0.2, 0.25) is 0 Å². The molecular formula is C28H33FN4O6S. The highest BCUT2D eigenvalue weighted by atomic mass is 32.2. The molecule has 2 heterocycles. The van der Waals surface area contributed by atoms with E-state index in [0.29, 0.717) is 23.0 Å². The summed E-state index contributed by atoms with van der Waals surface area (Å²) in [6.07, 6.45) is 2.66. The number of alkyl halides is 1. The van der Waals surface area contributed by atoms with Gasteiger partial charge in [0.1, 0.15) is 24.5 Å². The predicted molar refractivity (Wildman–Crippen MR) is 148 cm³/mol. The maximum atomic E-state index is 14.4. The Balaban J connectivity index is 1.40. The summed E-state index contributed by atoms with van der Waals surface area (Å²) >= 11 is 0. The number of amides is 2. The van der Waals surface area contributed by atoms with E-state index in [1.165, 1.54) is 35.7 Å². The van der Waals surface area contributed by atoms with Gasteiger partial charge in [0.2, 0.25) is 27.8 Å². The fraction of sp³-hybridized carbons (Fsp3) is 0.393. The third kappa shape index (κ3) is 7.45. The number of hydrogen-bond donors (Lipinski definition) is 2. The second-order valence-electron chi connectivity index (χ2n) is 9.96. The van der Waals surface area contributed by atoms with Crippen molar-refractivity contribution in [2.45, 2.75) is 51.4 Å². The third-order valence-corrected chi connectivity index (χ3v) is 7.28. The van der Waals surface area contributed by atoms with Crippen molar-refractivity contribution < 1.29 is 31.9 Å². The van der Waals surface area contributed by atoms with Crippen LogP contribution in [0.1, 0.15) is 42.1 Å². The van der Waals surface area contributed by atoms with Crippen LogP contribution in [-0.2, 0) is 32.6 Å². The SMILES string of the molecule is CC(=O)c1cn(CC(=O)N2CC(F)CC2C(=O)NCCCCc2ccccc2)c2ccc(OCS(N)(=O)=O)cc12. The smallest absolute Gasteiger partial charge is 0.244 e. The zero-order chi connectivity index (χ0) is 28.9. The van der Waals surface area contributed by atoms with Gasteiger partial charge in [0.05, 0.1) is 6.54 Å². The van der Waals surface area contributed by atoms with E-state index in [-0.39, 0.29) is 37.0 Å². The second kappa shape index (κ2) is 12.6. The van der Waals surface area contributed by atoms with Gasteiger partial charge in [-0.3, -0.25) is 14.4 Å². The predicted octanol–water partition coefficient (Wildman–Crippen LogP) is 2.55. The first-order chi connectivity index (χ1) is 19.0. The van der Waals surface area contributed by atoms with Gasteiger partial charge in [-0.15, -0.1) is 0 Å². The third-order valence-electron chi connectivity index (χ3n) is 6.83. The number of nitrogens with zero attached hydrogens (tertiary/aromatic N) is 2. The molecular weight excluding hydrogens is 539 g/mol. The van der Waals surface area contributed by atoms with E-state index in [0.717, 1.165) is 19.3 Å². The number of aryl methyl sites for hydroxylation is 1. The number of nitrogens with two attached hydrogens (primary N) is 1. The molecule has 0 radical (unpaired) electrons. The lowest BCUT2D eigenvalue weighted by molar-refractivity contribution is -0.138. The molecule has 214 valence electrons. The average molecular weight is 573 g/mol. The average Bonchev–Trinajstić information content (AvgIpc) is 3.48. The highest BCUT2D eigenvalue weighted by molar-refractivity contribution is 7.88. The number of nitrogens with one attached hydrogen (secondary N) is 1. The van der Waals surface area contributed by atoms with Crippen molar-refractivity contribution in [3.8, 4) is 5.75 Å². The van der Waals surface area contributed by atoms with Gasteiger partial charge in [0.15, 0.2) is 5.78 Å². The normalized spacial score (nSPS) is 17.2. The Hall–Kier alpha value is -3.77. The largest absolute Gasteiger partial charge is 0.476 e. The van der Waals surface area contributed by atoms with Gasteiger partial charge in [-0.05, 0) is 49.9 Å². The molecule has 12 heteroatoms. The lowest BCUT2D eigenvalue weighted by atomic mass is 10.1. The van der Waals surface area contributed by atoms with Crippen LogP contribution in [-0.4, -0.2) is 66.7 Å². The van der Waals surface area contributed by atoms with Crippen molar-refractivity contribution in [1.82, 2.24) is 14.8 Å². The van der Waals surface area contributed by atoms with Crippen LogP contribution in [0, 0.1) is 0 Å². The maximum Gasteiger partial charge on any atom is 0.244 e. The molecule has 10 nitrogen and oxygen atoms in total. The standard InChI is InChI=1S/C28H33FN4O6S/c1-19(34)24-16-32(25-11-10-22(14-23(24)25)39-18-40(30,37)38)17-27(35)33-15-21(29)13-26(33)28(36)31-12-6-5-9-20-7-3-2-4-8-20/h2-4,7-8,10-11,14,16,21,26H,5-6,9,12-13,15,17-18H2,1H3,(H,31,36)(H2,30,37,38). The number of rotatable bonds is 12. The molecule has 1 fully saturated rings. The van der Waals surface area contributed by atoms with Gasteiger partial charge in [-0.25, -0.2) is 17.9 Å². The Morgan fingerprint density at radius 3 is 2.58 bits per heavy atom. The topological polar surface area (TPSA) is 141 Å². The van der Waals surface area contributed by atoms with Crippen LogP contribution in [0.3, 0.4) is 0 Å². The van der Waals surface area contributed by atoms with Crippen LogP contribution >= 0.6 is 0 Å². The summed E-state index contributed by atoms with van der Waals surface area (Å²) in [7, 11) is -3.87. The maximum absolute atomic E-state index is 14.4. The quantitative estimate of drug-likeness (QED) is 0.253. The molecule has 1 saturated heterocycles. The van der Waals surface area contributed by atoms with Gasteiger partial charge < -0.3 is 19.5 Å². The number of ether oxygens (including phenoxy) is 1. The number of unbranched alkanes of at least 4 members (excludes halogenated alkanes) is 1. The fourth-order valence-corrected chi connectivity index (χ4v) is 5.20. The minimum atomic E-state index is -3.87. The lowest BCUT2D eigenvalue weighted by Crippen LogP contribution is -2.47. The fourth-order valence-electron chi connectivity index (χ4n) is 4.90. The Morgan fingerprint density at radius 1 is 1.12 bits per heavy atom. The number of primary sulfonamides is 1. The number of halogens is 1. The minimum absolute atomic E-state index is 0.0720. The number of sulfonamides is 1. The molecule has 0 aliphatic carbocycles. The number of hydrogen-bond acceptors (Lipinski definition) is 6. The zero-order valence-electron chi connectivity index (χ0n) is 22.2. The van der Waals surface area contributed by atoms with Gasteiger partial charge in [0, 0.05) is 35.6 Å². The van der Waals surface area contributed by atoms with E-state index in [1.54, 1.807) is 10.6 Å². The number of carbonyl (C=O) groups is 3. The summed E-state index contributed by atoms with van der Waals surface area (Å²) in [6.45, 7) is 1.40. The molecule has 4 rings (SSSR count). The zero-order valence-corrected chi connectivity index (χ0v) is 23.0. The summed E-state index contributed by atoms with van der Waals surface area (Å²) in [4.78, 5) is 39.7. The van der Waals surface area contributed by atoms with Crippen molar-refractivity contribution in [2.24, 2.45) is 5.14 Å². The molecule has 0 saturated carbocycles. The van der Waals surface area contributed by atoms with Crippen LogP contribution in [0.25, 0.3) is 10.9 Å². The minimum Gasteiger partial charge on any atom is -0.476 e.